The lowest BCUT2D eigenvalue weighted by Crippen LogP contribution is -2.54. The van der Waals surface area contributed by atoms with Gasteiger partial charge in [0.25, 0.3) is 0 Å². The van der Waals surface area contributed by atoms with Crippen LogP contribution in [0, 0.1) is 0 Å². The standard InChI is InChI=1S/C31H32N8O2/c1-5-21-11-10-12-22(6-2)28(21)38-30-23(15-16-26(32-30)39-25-14-9-8-13-24(25)34-35-39)29(33-31(38)41)37-18-17-36(19-20(37)4)27(40)7-3/h7-16,20H,3,5-6,17-19H2,1-2,4H3/t20-/m0/s1. The minimum atomic E-state index is -0.395. The Labute approximate surface area is 237 Å². The summed E-state index contributed by atoms with van der Waals surface area (Å²) < 4.78 is 3.35. The summed E-state index contributed by atoms with van der Waals surface area (Å²) in [6.45, 7) is 11.4. The third-order valence-electron chi connectivity index (χ3n) is 7.85. The fraction of sp³-hybridized carbons (Fsp3) is 0.290. The zero-order valence-corrected chi connectivity index (χ0v) is 23.5. The summed E-state index contributed by atoms with van der Waals surface area (Å²) in [5.74, 6) is 1.02. The molecule has 0 unspecified atom stereocenters. The number of fused-ring (bicyclic) bond motifs is 2. The molecule has 1 amide bonds. The van der Waals surface area contributed by atoms with E-state index < -0.39 is 5.69 Å². The molecule has 41 heavy (non-hydrogen) atoms. The number of anilines is 1. The molecule has 1 aliphatic rings. The van der Waals surface area contributed by atoms with E-state index in [2.05, 4.69) is 40.6 Å². The van der Waals surface area contributed by atoms with Gasteiger partial charge in [-0.15, -0.1) is 5.10 Å². The van der Waals surface area contributed by atoms with Crippen LogP contribution in [0.25, 0.3) is 33.6 Å². The van der Waals surface area contributed by atoms with Crippen molar-refractivity contribution in [3.05, 3.63) is 88.9 Å². The maximum atomic E-state index is 14.0. The molecule has 0 saturated carbocycles. The van der Waals surface area contributed by atoms with Crippen LogP contribution < -0.4 is 10.6 Å². The number of para-hydroxylation sites is 2. The molecule has 1 aliphatic heterocycles. The third kappa shape index (κ3) is 4.45. The molecule has 1 fully saturated rings. The van der Waals surface area contributed by atoms with Crippen molar-refractivity contribution < 1.29 is 4.79 Å². The van der Waals surface area contributed by atoms with Crippen LogP contribution in [0.15, 0.2) is 72.0 Å². The second-order valence-corrected chi connectivity index (χ2v) is 10.2. The minimum Gasteiger partial charge on any atom is -0.350 e. The first-order valence-electron chi connectivity index (χ1n) is 14.0. The van der Waals surface area contributed by atoms with Gasteiger partial charge in [-0.05, 0) is 61.2 Å². The van der Waals surface area contributed by atoms with Crippen LogP contribution in [-0.4, -0.2) is 66.0 Å². The molecule has 3 aromatic heterocycles. The van der Waals surface area contributed by atoms with Crippen molar-refractivity contribution in [2.45, 2.75) is 39.7 Å². The first-order chi connectivity index (χ1) is 19.9. The Morgan fingerprint density at radius 3 is 2.46 bits per heavy atom. The number of rotatable bonds is 6. The van der Waals surface area contributed by atoms with Crippen LogP contribution in [0.4, 0.5) is 5.82 Å². The van der Waals surface area contributed by atoms with Gasteiger partial charge in [-0.1, -0.05) is 56.0 Å². The van der Waals surface area contributed by atoms with Crippen molar-refractivity contribution in [3.63, 3.8) is 0 Å². The van der Waals surface area contributed by atoms with Crippen molar-refractivity contribution in [1.82, 2.24) is 34.4 Å². The Morgan fingerprint density at radius 2 is 1.76 bits per heavy atom. The molecule has 4 heterocycles. The monoisotopic (exact) mass is 548 g/mol. The highest BCUT2D eigenvalue weighted by atomic mass is 16.2. The van der Waals surface area contributed by atoms with Crippen molar-refractivity contribution >= 4 is 33.8 Å². The number of pyridine rings is 1. The van der Waals surface area contributed by atoms with Crippen molar-refractivity contribution in [1.29, 1.82) is 0 Å². The minimum absolute atomic E-state index is 0.0633. The molecule has 2 aromatic carbocycles. The number of aryl methyl sites for hydroxylation is 2. The lowest BCUT2D eigenvalue weighted by atomic mass is 10.0. The quantitative estimate of drug-likeness (QED) is 0.297. The molecule has 1 saturated heterocycles. The lowest BCUT2D eigenvalue weighted by Gasteiger charge is -2.40. The number of benzene rings is 2. The summed E-state index contributed by atoms with van der Waals surface area (Å²) in [4.78, 5) is 39.9. The van der Waals surface area contributed by atoms with Crippen LogP contribution in [0.3, 0.4) is 0 Å². The molecular formula is C31H32N8O2. The molecule has 0 spiro atoms. The van der Waals surface area contributed by atoms with E-state index in [1.54, 1.807) is 14.1 Å². The van der Waals surface area contributed by atoms with Gasteiger partial charge in [0, 0.05) is 25.7 Å². The van der Waals surface area contributed by atoms with Crippen molar-refractivity contribution in [2.75, 3.05) is 24.5 Å². The fourth-order valence-corrected chi connectivity index (χ4v) is 5.76. The molecule has 0 bridgehead atoms. The molecule has 0 N–H and O–H groups in total. The van der Waals surface area contributed by atoms with Crippen LogP contribution in [0.5, 0.6) is 0 Å². The Hall–Kier alpha value is -4.86. The van der Waals surface area contributed by atoms with Gasteiger partial charge in [0.15, 0.2) is 11.5 Å². The number of amides is 1. The average molecular weight is 549 g/mol. The molecule has 10 heteroatoms. The molecule has 10 nitrogen and oxygen atoms in total. The van der Waals surface area contributed by atoms with Gasteiger partial charge >= 0.3 is 5.69 Å². The van der Waals surface area contributed by atoms with E-state index in [1.807, 2.05) is 61.5 Å². The largest absolute Gasteiger partial charge is 0.355 e. The molecule has 0 aliphatic carbocycles. The second-order valence-electron chi connectivity index (χ2n) is 10.2. The molecule has 1 atom stereocenters. The number of piperazine rings is 1. The van der Waals surface area contributed by atoms with Gasteiger partial charge in [0.1, 0.15) is 11.3 Å². The number of carbonyl (C=O) groups excluding carboxylic acids is 1. The Bertz CT molecular complexity index is 1830. The van der Waals surface area contributed by atoms with Gasteiger partial charge in [-0.2, -0.15) is 9.67 Å². The number of aromatic nitrogens is 6. The molecular weight excluding hydrogens is 516 g/mol. The van der Waals surface area contributed by atoms with Gasteiger partial charge in [0.05, 0.1) is 16.6 Å². The summed E-state index contributed by atoms with van der Waals surface area (Å²) >= 11 is 0. The van der Waals surface area contributed by atoms with Gasteiger partial charge in [-0.25, -0.2) is 14.3 Å². The maximum absolute atomic E-state index is 14.0. The summed E-state index contributed by atoms with van der Waals surface area (Å²) in [5, 5.41) is 9.42. The zero-order chi connectivity index (χ0) is 28.7. The molecule has 0 radical (unpaired) electrons. The number of hydrogen-bond acceptors (Lipinski definition) is 7. The number of nitrogens with zero attached hydrogens (tertiary/aromatic N) is 8. The fourth-order valence-electron chi connectivity index (χ4n) is 5.76. The van der Waals surface area contributed by atoms with E-state index in [0.29, 0.717) is 36.9 Å². The maximum Gasteiger partial charge on any atom is 0.355 e. The molecule has 5 aromatic rings. The SMILES string of the molecule is C=CC(=O)N1CCN(c2nc(=O)n(-c3c(CC)cccc3CC)c3nc(-n4nnc5ccccc54)ccc23)[C@@H](C)C1. The average Bonchev–Trinajstić information content (AvgIpc) is 3.44. The molecule has 208 valence electrons. The Balaban J connectivity index is 1.60. The van der Waals surface area contributed by atoms with E-state index in [0.717, 1.165) is 46.1 Å². The number of hydrogen-bond donors (Lipinski definition) is 0. The van der Waals surface area contributed by atoms with Crippen LogP contribution in [0.1, 0.15) is 31.9 Å². The summed E-state index contributed by atoms with van der Waals surface area (Å²) in [6, 6.07) is 17.6. The summed E-state index contributed by atoms with van der Waals surface area (Å²) in [7, 11) is 0. The normalized spacial score (nSPS) is 15.5. The van der Waals surface area contributed by atoms with E-state index in [-0.39, 0.29) is 11.9 Å². The Morgan fingerprint density at radius 1 is 1.00 bits per heavy atom. The van der Waals surface area contributed by atoms with Crippen molar-refractivity contribution in [2.24, 2.45) is 0 Å². The summed E-state index contributed by atoms with van der Waals surface area (Å²) in [5.41, 5.74) is 4.61. The topological polar surface area (TPSA) is 102 Å². The first-order valence-corrected chi connectivity index (χ1v) is 14.0. The van der Waals surface area contributed by atoms with Gasteiger partial charge in [-0.3, -0.25) is 4.79 Å². The first kappa shape index (κ1) is 26.4. The molecule has 6 rings (SSSR count). The summed E-state index contributed by atoms with van der Waals surface area (Å²) in [6.07, 6.45) is 2.85. The van der Waals surface area contributed by atoms with E-state index in [4.69, 9.17) is 4.98 Å². The lowest BCUT2D eigenvalue weighted by molar-refractivity contribution is -0.126. The zero-order valence-electron chi connectivity index (χ0n) is 23.5. The highest BCUT2D eigenvalue weighted by Gasteiger charge is 2.29. The van der Waals surface area contributed by atoms with E-state index in [9.17, 15) is 9.59 Å². The highest BCUT2D eigenvalue weighted by molar-refractivity contribution is 5.90. The Kier molecular flexibility index (Phi) is 6.82. The number of carbonyl (C=O) groups is 1. The van der Waals surface area contributed by atoms with Crippen molar-refractivity contribution in [3.8, 4) is 11.5 Å². The van der Waals surface area contributed by atoms with Crippen LogP contribution in [-0.2, 0) is 17.6 Å². The second kappa shape index (κ2) is 10.6. The predicted octanol–water partition coefficient (Wildman–Crippen LogP) is 3.86. The third-order valence-corrected chi connectivity index (χ3v) is 7.85. The van der Waals surface area contributed by atoms with E-state index in [1.165, 1.54) is 6.08 Å². The van der Waals surface area contributed by atoms with Gasteiger partial charge < -0.3 is 9.80 Å². The van der Waals surface area contributed by atoms with Crippen LogP contribution >= 0.6 is 0 Å². The smallest absolute Gasteiger partial charge is 0.350 e. The van der Waals surface area contributed by atoms with E-state index >= 15 is 0 Å². The predicted molar refractivity (Wildman–Crippen MR) is 160 cm³/mol. The highest BCUT2D eigenvalue weighted by Crippen LogP contribution is 2.30. The van der Waals surface area contributed by atoms with Gasteiger partial charge in [0.2, 0.25) is 5.91 Å². The van der Waals surface area contributed by atoms with Crippen LogP contribution in [0.2, 0.25) is 0 Å².